The van der Waals surface area contributed by atoms with Crippen LogP contribution in [-0.2, 0) is 6.42 Å². The number of benzene rings is 1. The molecule has 2 unspecified atom stereocenters. The first-order valence-corrected chi connectivity index (χ1v) is 7.42. The Bertz CT molecular complexity index is 447. The first kappa shape index (κ1) is 15.3. The summed E-state index contributed by atoms with van der Waals surface area (Å²) in [4.78, 5) is 4.39. The van der Waals surface area contributed by atoms with Gasteiger partial charge in [-0.3, -0.25) is 0 Å². The van der Waals surface area contributed by atoms with Gasteiger partial charge in [0.2, 0.25) is 0 Å². The van der Waals surface area contributed by atoms with E-state index in [4.69, 9.17) is 5.73 Å². The second kappa shape index (κ2) is 6.55. The van der Waals surface area contributed by atoms with E-state index >= 15 is 0 Å². The predicted molar refractivity (Wildman–Crippen MR) is 82.7 cm³/mol. The van der Waals surface area contributed by atoms with Gasteiger partial charge in [-0.25, -0.2) is 4.39 Å². The van der Waals surface area contributed by atoms with Gasteiger partial charge in [0, 0.05) is 25.7 Å². The van der Waals surface area contributed by atoms with Gasteiger partial charge in [0.15, 0.2) is 0 Å². The molecule has 0 spiro atoms. The lowest BCUT2D eigenvalue weighted by molar-refractivity contribution is 0.314. The lowest BCUT2D eigenvalue weighted by Gasteiger charge is -2.27. The zero-order chi connectivity index (χ0) is 14.7. The second-order valence-corrected chi connectivity index (χ2v) is 6.12. The van der Waals surface area contributed by atoms with Crippen molar-refractivity contribution in [1.82, 2.24) is 4.90 Å². The van der Waals surface area contributed by atoms with Crippen molar-refractivity contribution in [2.75, 3.05) is 32.1 Å². The second-order valence-electron chi connectivity index (χ2n) is 6.12. The van der Waals surface area contributed by atoms with E-state index in [1.54, 1.807) is 6.07 Å². The van der Waals surface area contributed by atoms with Gasteiger partial charge in [-0.2, -0.15) is 0 Å². The van der Waals surface area contributed by atoms with Gasteiger partial charge in [0.05, 0.1) is 5.69 Å². The topological polar surface area (TPSA) is 32.5 Å². The highest BCUT2D eigenvalue weighted by molar-refractivity contribution is 5.48. The Balaban J connectivity index is 2.04. The monoisotopic (exact) mass is 279 g/mol. The van der Waals surface area contributed by atoms with Crippen LogP contribution in [0, 0.1) is 5.82 Å². The van der Waals surface area contributed by atoms with Crippen LogP contribution >= 0.6 is 0 Å². The average Bonchev–Trinajstić information content (AvgIpc) is 2.74. The van der Waals surface area contributed by atoms with Crippen molar-refractivity contribution < 1.29 is 4.39 Å². The molecule has 1 aliphatic heterocycles. The van der Waals surface area contributed by atoms with Crippen molar-refractivity contribution >= 4 is 5.69 Å². The quantitative estimate of drug-likeness (QED) is 0.897. The minimum atomic E-state index is -0.147. The first-order valence-electron chi connectivity index (χ1n) is 7.42. The molecule has 3 nitrogen and oxygen atoms in total. The van der Waals surface area contributed by atoms with Gasteiger partial charge in [-0.15, -0.1) is 0 Å². The maximum Gasteiger partial charge on any atom is 0.146 e. The SMILES string of the molecule is CC(N)Cc1ccc(N(C)CC2CCCN2C)c(F)c1. The summed E-state index contributed by atoms with van der Waals surface area (Å²) in [6.45, 7) is 3.96. The van der Waals surface area contributed by atoms with E-state index < -0.39 is 0 Å². The van der Waals surface area contributed by atoms with Crippen LogP contribution in [0.3, 0.4) is 0 Å². The third-order valence-electron chi connectivity index (χ3n) is 4.14. The third-order valence-corrected chi connectivity index (χ3v) is 4.14. The Morgan fingerprint density at radius 1 is 1.50 bits per heavy atom. The van der Waals surface area contributed by atoms with Crippen LogP contribution in [0.1, 0.15) is 25.3 Å². The summed E-state index contributed by atoms with van der Waals surface area (Å²) in [7, 11) is 4.11. The molecule has 112 valence electrons. The van der Waals surface area contributed by atoms with Crippen LogP contribution in [0.25, 0.3) is 0 Å². The number of hydrogen-bond acceptors (Lipinski definition) is 3. The largest absolute Gasteiger partial charge is 0.371 e. The Morgan fingerprint density at radius 3 is 2.80 bits per heavy atom. The molecule has 0 amide bonds. The van der Waals surface area contributed by atoms with E-state index in [0.717, 1.165) is 18.7 Å². The molecule has 1 aromatic rings. The number of likely N-dealkylation sites (tertiary alicyclic amines) is 1. The van der Waals surface area contributed by atoms with Crippen molar-refractivity contribution in [3.05, 3.63) is 29.6 Å². The molecule has 0 aliphatic carbocycles. The Labute approximate surface area is 121 Å². The van der Waals surface area contributed by atoms with Gasteiger partial charge < -0.3 is 15.5 Å². The number of hydrogen-bond donors (Lipinski definition) is 1. The Morgan fingerprint density at radius 2 is 2.25 bits per heavy atom. The predicted octanol–water partition coefficient (Wildman–Crippen LogP) is 2.25. The lowest BCUT2D eigenvalue weighted by Crippen LogP contribution is -2.37. The van der Waals surface area contributed by atoms with Crippen molar-refractivity contribution in [2.45, 2.75) is 38.3 Å². The van der Waals surface area contributed by atoms with Crippen LogP contribution in [0.2, 0.25) is 0 Å². The molecule has 0 bridgehead atoms. The Kier molecular flexibility index (Phi) is 5.00. The van der Waals surface area contributed by atoms with Gasteiger partial charge in [-0.1, -0.05) is 6.07 Å². The van der Waals surface area contributed by atoms with Crippen LogP contribution in [0.15, 0.2) is 18.2 Å². The first-order chi connectivity index (χ1) is 9.47. The molecule has 0 aromatic heterocycles. The van der Waals surface area contributed by atoms with Gasteiger partial charge >= 0.3 is 0 Å². The van der Waals surface area contributed by atoms with E-state index in [9.17, 15) is 4.39 Å². The van der Waals surface area contributed by atoms with Crippen molar-refractivity contribution in [3.63, 3.8) is 0 Å². The zero-order valence-corrected chi connectivity index (χ0v) is 12.8. The fourth-order valence-electron chi connectivity index (χ4n) is 2.98. The smallest absolute Gasteiger partial charge is 0.146 e. The maximum absolute atomic E-state index is 14.2. The number of nitrogens with two attached hydrogens (primary N) is 1. The van der Waals surface area contributed by atoms with Gasteiger partial charge in [0.1, 0.15) is 5.82 Å². The molecule has 1 fully saturated rings. The number of nitrogens with zero attached hydrogens (tertiary/aromatic N) is 2. The molecular formula is C16H26FN3. The fourth-order valence-corrected chi connectivity index (χ4v) is 2.98. The molecular weight excluding hydrogens is 253 g/mol. The van der Waals surface area contributed by atoms with Crippen LogP contribution in [0.5, 0.6) is 0 Å². The molecule has 0 saturated carbocycles. The number of likely N-dealkylation sites (N-methyl/N-ethyl adjacent to an activating group) is 2. The lowest BCUT2D eigenvalue weighted by atomic mass is 10.1. The zero-order valence-electron chi connectivity index (χ0n) is 12.8. The summed E-state index contributed by atoms with van der Waals surface area (Å²) >= 11 is 0. The molecule has 2 N–H and O–H groups in total. The summed E-state index contributed by atoms with van der Waals surface area (Å²) in [6.07, 6.45) is 3.16. The van der Waals surface area contributed by atoms with Crippen molar-refractivity contribution in [2.24, 2.45) is 5.73 Å². The number of anilines is 1. The van der Waals surface area contributed by atoms with E-state index in [1.165, 1.54) is 12.8 Å². The molecule has 1 saturated heterocycles. The van der Waals surface area contributed by atoms with Crippen LogP contribution in [0.4, 0.5) is 10.1 Å². The third kappa shape index (κ3) is 3.70. The maximum atomic E-state index is 14.2. The van der Waals surface area contributed by atoms with E-state index in [0.29, 0.717) is 18.2 Å². The van der Waals surface area contributed by atoms with Crippen molar-refractivity contribution in [3.8, 4) is 0 Å². The summed E-state index contributed by atoms with van der Waals surface area (Å²) in [5.41, 5.74) is 7.40. The summed E-state index contributed by atoms with van der Waals surface area (Å²) in [6, 6.07) is 6.07. The molecule has 2 rings (SSSR count). The van der Waals surface area contributed by atoms with Gasteiger partial charge in [0.25, 0.3) is 0 Å². The summed E-state index contributed by atoms with van der Waals surface area (Å²) in [5, 5.41) is 0. The fraction of sp³-hybridized carbons (Fsp3) is 0.625. The van der Waals surface area contributed by atoms with E-state index in [-0.39, 0.29) is 11.9 Å². The highest BCUT2D eigenvalue weighted by Crippen LogP contribution is 2.23. The molecule has 1 aliphatic rings. The average molecular weight is 279 g/mol. The number of rotatable bonds is 5. The molecule has 4 heteroatoms. The standard InChI is InChI=1S/C16H26FN3/c1-12(18)9-13-6-7-16(15(17)10-13)20(3)11-14-5-4-8-19(14)2/h6-7,10,12,14H,4-5,8-9,11,18H2,1-3H3. The molecule has 20 heavy (non-hydrogen) atoms. The van der Waals surface area contributed by atoms with Crippen molar-refractivity contribution in [1.29, 1.82) is 0 Å². The Hall–Kier alpha value is -1.13. The summed E-state index contributed by atoms with van der Waals surface area (Å²) < 4.78 is 14.2. The normalized spacial score (nSPS) is 21.1. The number of halogens is 1. The van der Waals surface area contributed by atoms with E-state index in [1.807, 2.05) is 31.0 Å². The minimum Gasteiger partial charge on any atom is -0.371 e. The van der Waals surface area contributed by atoms with Gasteiger partial charge in [-0.05, 0) is 57.5 Å². The molecule has 1 aromatic carbocycles. The van der Waals surface area contributed by atoms with E-state index in [2.05, 4.69) is 11.9 Å². The highest BCUT2D eigenvalue weighted by Gasteiger charge is 2.23. The minimum absolute atomic E-state index is 0.0603. The molecule has 1 heterocycles. The van der Waals surface area contributed by atoms with Crippen LogP contribution < -0.4 is 10.6 Å². The molecule has 2 atom stereocenters. The summed E-state index contributed by atoms with van der Waals surface area (Å²) in [5.74, 6) is -0.147. The van der Waals surface area contributed by atoms with Crippen LogP contribution in [-0.4, -0.2) is 44.2 Å². The highest BCUT2D eigenvalue weighted by atomic mass is 19.1. The molecule has 0 radical (unpaired) electrons.